The number of sulfonamides is 1. The Morgan fingerprint density at radius 2 is 1.53 bits per heavy atom. The Kier molecular flexibility index (Phi) is 6.84. The molecule has 200 valence electrons. The van der Waals surface area contributed by atoms with Crippen molar-refractivity contribution < 1.29 is 30.0 Å². The van der Waals surface area contributed by atoms with Gasteiger partial charge in [-0.05, 0) is 36.2 Å². The van der Waals surface area contributed by atoms with Crippen LogP contribution in [0.25, 0.3) is 10.9 Å². The number of alkyl halides is 3. The summed E-state index contributed by atoms with van der Waals surface area (Å²) < 4.78 is 98.9. The van der Waals surface area contributed by atoms with E-state index in [-0.39, 0.29) is 10.4 Å². The fourth-order valence-corrected chi connectivity index (χ4v) is 7.70. The van der Waals surface area contributed by atoms with Crippen LogP contribution in [0.3, 0.4) is 0 Å². The zero-order valence-electron chi connectivity index (χ0n) is 20.0. The van der Waals surface area contributed by atoms with Gasteiger partial charge in [-0.25, -0.2) is 25.5 Å². The Morgan fingerprint density at radius 1 is 0.868 bits per heavy atom. The van der Waals surface area contributed by atoms with Crippen molar-refractivity contribution in [3.8, 4) is 0 Å². The van der Waals surface area contributed by atoms with Crippen molar-refractivity contribution in [3.05, 3.63) is 96.2 Å². The van der Waals surface area contributed by atoms with Gasteiger partial charge in [-0.2, -0.15) is 13.2 Å². The zero-order chi connectivity index (χ0) is 27.1. The van der Waals surface area contributed by atoms with Crippen molar-refractivity contribution in [3.63, 3.8) is 0 Å². The molecule has 0 spiro atoms. The molecule has 38 heavy (non-hydrogen) atoms. The number of likely N-dealkylation sites (tertiary alicyclic amines) is 1. The first-order chi connectivity index (χ1) is 18.0. The molecule has 3 aromatic carbocycles. The predicted octanol–water partition coefficient (Wildman–Crippen LogP) is 4.45. The van der Waals surface area contributed by atoms with E-state index in [9.17, 15) is 30.0 Å². The van der Waals surface area contributed by atoms with E-state index in [0.717, 1.165) is 23.9 Å². The van der Waals surface area contributed by atoms with E-state index in [2.05, 4.69) is 4.72 Å². The quantitative estimate of drug-likeness (QED) is 0.359. The normalized spacial score (nSPS) is 17.3. The van der Waals surface area contributed by atoms with E-state index in [0.29, 0.717) is 30.0 Å². The topological polar surface area (TPSA) is 88.5 Å². The molecule has 1 fully saturated rings. The van der Waals surface area contributed by atoms with Gasteiger partial charge in [0.15, 0.2) is 0 Å². The van der Waals surface area contributed by atoms with Crippen molar-refractivity contribution in [2.24, 2.45) is 0 Å². The van der Waals surface area contributed by atoms with Crippen LogP contribution in [0.4, 0.5) is 13.2 Å². The molecule has 0 aliphatic carbocycles. The lowest BCUT2D eigenvalue weighted by atomic mass is 10.1. The molecule has 2 heterocycles. The first kappa shape index (κ1) is 26.4. The molecule has 12 heteroatoms. The van der Waals surface area contributed by atoms with E-state index in [4.69, 9.17) is 0 Å². The summed E-state index contributed by atoms with van der Waals surface area (Å²) in [6.07, 6.45) is -3.69. The van der Waals surface area contributed by atoms with Crippen LogP contribution in [0.5, 0.6) is 0 Å². The summed E-state index contributed by atoms with van der Waals surface area (Å²) in [5, 5.41) is -0.689. The number of hydrogen-bond donors (Lipinski definition) is 1. The van der Waals surface area contributed by atoms with E-state index >= 15 is 0 Å². The minimum Gasteiger partial charge on any atom is -0.297 e. The molecule has 5 rings (SSSR count). The molecule has 0 unspecified atom stereocenters. The molecule has 0 radical (unpaired) electrons. The van der Waals surface area contributed by atoms with Crippen molar-refractivity contribution in [2.75, 3.05) is 13.1 Å². The summed E-state index contributed by atoms with van der Waals surface area (Å²) >= 11 is 0. The van der Waals surface area contributed by atoms with E-state index in [1.807, 2.05) is 35.2 Å². The third-order valence-corrected chi connectivity index (χ3v) is 9.72. The van der Waals surface area contributed by atoms with Gasteiger partial charge < -0.3 is 0 Å². The Morgan fingerprint density at radius 3 is 2.18 bits per heavy atom. The van der Waals surface area contributed by atoms with E-state index in [1.54, 1.807) is 6.07 Å². The lowest BCUT2D eigenvalue weighted by Crippen LogP contribution is -2.37. The highest BCUT2D eigenvalue weighted by atomic mass is 32.2. The molecular weight excluding hydrogens is 539 g/mol. The van der Waals surface area contributed by atoms with Crippen molar-refractivity contribution in [2.45, 2.75) is 35.0 Å². The standard InChI is InChI=1S/C26H24F3N3O4S2/c27-26(28,29)22-12-7-13-23-25(22)24(18-32(23)38(35,36)21-10-5-2-6-11-21)37(33,34)30-20-14-15-31(17-20)16-19-8-3-1-4-9-19/h1-13,18,20,30H,14-17H2/t20-/m1/s1. The Balaban J connectivity index is 1.54. The molecule has 1 aliphatic rings. The van der Waals surface area contributed by atoms with Crippen molar-refractivity contribution >= 4 is 30.9 Å². The van der Waals surface area contributed by atoms with Gasteiger partial charge in [-0.3, -0.25) is 4.90 Å². The first-order valence-corrected chi connectivity index (χ1v) is 14.7. The molecule has 7 nitrogen and oxygen atoms in total. The molecule has 1 atom stereocenters. The second-order valence-electron chi connectivity index (χ2n) is 9.13. The lowest BCUT2D eigenvalue weighted by Gasteiger charge is -2.17. The van der Waals surface area contributed by atoms with Gasteiger partial charge >= 0.3 is 6.18 Å². The van der Waals surface area contributed by atoms with Crippen molar-refractivity contribution in [1.82, 2.24) is 13.6 Å². The summed E-state index contributed by atoms with van der Waals surface area (Å²) in [6, 6.07) is 19.2. The highest BCUT2D eigenvalue weighted by molar-refractivity contribution is 7.91. The summed E-state index contributed by atoms with van der Waals surface area (Å²) in [4.78, 5) is 1.13. The molecular formula is C26H24F3N3O4S2. The van der Waals surface area contributed by atoms with Crippen LogP contribution in [0.2, 0.25) is 0 Å². The molecule has 1 aromatic heterocycles. The summed E-state index contributed by atoms with van der Waals surface area (Å²) in [6.45, 7) is 1.56. The third kappa shape index (κ3) is 5.08. The van der Waals surface area contributed by atoms with Gasteiger partial charge in [0.2, 0.25) is 10.0 Å². The number of nitrogens with zero attached hydrogens (tertiary/aromatic N) is 2. The molecule has 0 amide bonds. The summed E-state index contributed by atoms with van der Waals surface area (Å²) in [5.74, 6) is 0. The number of aromatic nitrogens is 1. The summed E-state index contributed by atoms with van der Waals surface area (Å²) in [5.41, 5.74) is -0.546. The van der Waals surface area contributed by atoms with Crippen LogP contribution in [-0.4, -0.2) is 44.8 Å². The summed E-state index contributed by atoms with van der Waals surface area (Å²) in [7, 11) is -8.92. The molecule has 0 saturated carbocycles. The second-order valence-corrected chi connectivity index (χ2v) is 12.6. The Hall–Kier alpha value is -3.19. The van der Waals surface area contributed by atoms with Crippen LogP contribution in [-0.2, 0) is 32.8 Å². The highest BCUT2D eigenvalue weighted by Crippen LogP contribution is 2.39. The van der Waals surface area contributed by atoms with Crippen LogP contribution in [0.1, 0.15) is 17.5 Å². The fourth-order valence-electron chi connectivity index (χ4n) is 4.77. The van der Waals surface area contributed by atoms with Gasteiger partial charge in [0.05, 0.1) is 16.0 Å². The molecule has 1 aliphatic heterocycles. The van der Waals surface area contributed by atoms with Crippen LogP contribution in [0.15, 0.2) is 94.9 Å². The minimum atomic E-state index is -4.91. The fraction of sp³-hybridized carbons (Fsp3) is 0.231. The number of halogens is 3. The number of rotatable bonds is 7. The van der Waals surface area contributed by atoms with Gasteiger partial charge in [0, 0.05) is 37.3 Å². The van der Waals surface area contributed by atoms with Gasteiger partial charge in [0.25, 0.3) is 10.0 Å². The maximum absolute atomic E-state index is 14.0. The Labute approximate surface area is 218 Å². The largest absolute Gasteiger partial charge is 0.417 e. The van der Waals surface area contributed by atoms with Crippen LogP contribution in [0, 0.1) is 0 Å². The van der Waals surface area contributed by atoms with Crippen LogP contribution >= 0.6 is 0 Å². The van der Waals surface area contributed by atoms with Gasteiger partial charge in [-0.1, -0.05) is 54.6 Å². The molecule has 4 aromatic rings. The second kappa shape index (κ2) is 9.84. The minimum absolute atomic E-state index is 0.182. The smallest absolute Gasteiger partial charge is 0.297 e. The predicted molar refractivity (Wildman–Crippen MR) is 136 cm³/mol. The maximum atomic E-state index is 14.0. The SMILES string of the molecule is O=S(=O)(N[C@@H]1CCN(Cc2ccccc2)C1)c1cn(S(=O)(=O)c2ccccc2)c2cccc(C(F)(F)F)c12. The number of fused-ring (bicyclic) bond motifs is 1. The lowest BCUT2D eigenvalue weighted by molar-refractivity contribution is -0.136. The number of benzene rings is 3. The van der Waals surface area contributed by atoms with E-state index in [1.165, 1.54) is 30.3 Å². The number of hydrogen-bond acceptors (Lipinski definition) is 5. The van der Waals surface area contributed by atoms with Crippen LogP contribution < -0.4 is 4.72 Å². The Bertz CT molecular complexity index is 1670. The average Bonchev–Trinajstić information content (AvgIpc) is 3.49. The molecule has 1 N–H and O–H groups in total. The van der Waals surface area contributed by atoms with E-state index < -0.39 is 48.1 Å². The zero-order valence-corrected chi connectivity index (χ0v) is 21.6. The maximum Gasteiger partial charge on any atom is 0.417 e. The first-order valence-electron chi connectivity index (χ1n) is 11.8. The van der Waals surface area contributed by atoms with Gasteiger partial charge in [0.1, 0.15) is 4.90 Å². The highest BCUT2D eigenvalue weighted by Gasteiger charge is 2.38. The third-order valence-electron chi connectivity index (χ3n) is 6.50. The molecule has 0 bridgehead atoms. The van der Waals surface area contributed by atoms with Gasteiger partial charge in [-0.15, -0.1) is 0 Å². The van der Waals surface area contributed by atoms with Crippen molar-refractivity contribution in [1.29, 1.82) is 0 Å². The number of nitrogens with one attached hydrogen (secondary N) is 1. The molecule has 1 saturated heterocycles. The monoisotopic (exact) mass is 563 g/mol. The average molecular weight is 564 g/mol.